The van der Waals surface area contributed by atoms with Gasteiger partial charge in [-0.05, 0) is 11.5 Å². The van der Waals surface area contributed by atoms with Gasteiger partial charge in [0.1, 0.15) is 5.94 Å². The van der Waals surface area contributed by atoms with Crippen LogP contribution < -0.4 is 5.32 Å². The number of hydrogen-bond acceptors (Lipinski definition) is 3. The van der Waals surface area contributed by atoms with Gasteiger partial charge < -0.3 is 10.4 Å². The number of carboxylic acids is 1. The first kappa shape index (κ1) is 11.9. The minimum absolute atomic E-state index is 0.673. The lowest BCUT2D eigenvalue weighted by molar-refractivity contribution is -0.136. The van der Waals surface area contributed by atoms with Gasteiger partial charge in [-0.3, -0.25) is 0 Å². The maximum absolute atomic E-state index is 11.0. The molecule has 90 valence electrons. The SMILES string of the molecule is O=C=C[C@H](Nc1cccc2ccccc12)C(=O)O. The third-order valence-electron chi connectivity index (χ3n) is 2.60. The third kappa shape index (κ3) is 2.39. The first-order chi connectivity index (χ1) is 8.72. The summed E-state index contributed by atoms with van der Waals surface area (Å²) in [5, 5.41) is 13.7. The molecule has 0 unspecified atom stereocenters. The molecule has 2 rings (SSSR count). The van der Waals surface area contributed by atoms with Crippen LogP contribution in [0, 0.1) is 0 Å². The van der Waals surface area contributed by atoms with E-state index in [1.165, 1.54) is 5.94 Å². The van der Waals surface area contributed by atoms with E-state index in [0.717, 1.165) is 16.8 Å². The Bertz CT molecular complexity index is 622. The first-order valence-corrected chi connectivity index (χ1v) is 5.40. The standard InChI is InChI=1S/C14H11NO3/c16-9-8-13(14(17)18)15-12-7-3-5-10-4-1-2-6-11(10)12/h1-8,13,15H,(H,17,18)/t13-/m0/s1. The highest BCUT2D eigenvalue weighted by atomic mass is 16.4. The van der Waals surface area contributed by atoms with Gasteiger partial charge in [-0.2, -0.15) is 0 Å². The summed E-state index contributed by atoms with van der Waals surface area (Å²) < 4.78 is 0. The van der Waals surface area contributed by atoms with Crippen molar-refractivity contribution in [3.05, 3.63) is 48.5 Å². The van der Waals surface area contributed by atoms with Crippen molar-refractivity contribution in [1.82, 2.24) is 0 Å². The zero-order chi connectivity index (χ0) is 13.0. The second kappa shape index (κ2) is 5.17. The van der Waals surface area contributed by atoms with Crippen LogP contribution in [0.15, 0.2) is 48.5 Å². The van der Waals surface area contributed by atoms with Crippen molar-refractivity contribution in [2.24, 2.45) is 0 Å². The minimum atomic E-state index is -1.12. The van der Waals surface area contributed by atoms with Crippen molar-refractivity contribution in [3.8, 4) is 0 Å². The number of carboxylic acid groups (broad SMARTS) is 1. The maximum Gasteiger partial charge on any atom is 0.330 e. The highest BCUT2D eigenvalue weighted by Gasteiger charge is 2.14. The summed E-state index contributed by atoms with van der Waals surface area (Å²) in [5.74, 6) is 0.380. The van der Waals surface area contributed by atoms with E-state index < -0.39 is 12.0 Å². The largest absolute Gasteiger partial charge is 0.479 e. The van der Waals surface area contributed by atoms with Crippen LogP contribution in [0.2, 0.25) is 0 Å². The van der Waals surface area contributed by atoms with Crippen molar-refractivity contribution in [2.45, 2.75) is 6.04 Å². The number of rotatable bonds is 4. The highest BCUT2D eigenvalue weighted by Crippen LogP contribution is 2.23. The zero-order valence-corrected chi connectivity index (χ0v) is 9.46. The Morgan fingerprint density at radius 1 is 1.22 bits per heavy atom. The molecule has 0 saturated heterocycles. The fourth-order valence-electron chi connectivity index (χ4n) is 1.76. The molecule has 2 aromatic rings. The molecule has 0 aromatic heterocycles. The van der Waals surface area contributed by atoms with E-state index in [4.69, 9.17) is 5.11 Å². The third-order valence-corrected chi connectivity index (χ3v) is 2.60. The molecule has 0 radical (unpaired) electrons. The van der Waals surface area contributed by atoms with Gasteiger partial charge in [0.25, 0.3) is 0 Å². The summed E-state index contributed by atoms with van der Waals surface area (Å²) in [6, 6.07) is 12.1. The zero-order valence-electron chi connectivity index (χ0n) is 9.46. The van der Waals surface area contributed by atoms with Gasteiger partial charge in [0.05, 0.1) is 0 Å². The monoisotopic (exact) mass is 241 g/mol. The number of fused-ring (bicyclic) bond motifs is 1. The molecule has 0 amide bonds. The summed E-state index contributed by atoms with van der Waals surface area (Å²) in [7, 11) is 0. The van der Waals surface area contributed by atoms with Gasteiger partial charge >= 0.3 is 5.97 Å². The molecule has 18 heavy (non-hydrogen) atoms. The summed E-state index contributed by atoms with van der Waals surface area (Å²) in [6.45, 7) is 0. The van der Waals surface area contributed by atoms with Crippen molar-refractivity contribution in [1.29, 1.82) is 0 Å². The predicted molar refractivity (Wildman–Crippen MR) is 69.3 cm³/mol. The average Bonchev–Trinajstić information content (AvgIpc) is 2.38. The molecule has 4 nitrogen and oxygen atoms in total. The normalized spacial score (nSPS) is 11.6. The lowest BCUT2D eigenvalue weighted by Crippen LogP contribution is -2.27. The molecule has 0 bridgehead atoms. The van der Waals surface area contributed by atoms with Gasteiger partial charge in [-0.25, -0.2) is 9.59 Å². The van der Waals surface area contributed by atoms with E-state index in [-0.39, 0.29) is 0 Å². The summed E-state index contributed by atoms with van der Waals surface area (Å²) in [4.78, 5) is 21.2. The number of hydrogen-bond donors (Lipinski definition) is 2. The Morgan fingerprint density at radius 3 is 2.67 bits per heavy atom. The number of nitrogens with one attached hydrogen (secondary N) is 1. The Balaban J connectivity index is 2.42. The van der Waals surface area contributed by atoms with Crippen LogP contribution in [0.5, 0.6) is 0 Å². The smallest absolute Gasteiger partial charge is 0.330 e. The van der Waals surface area contributed by atoms with E-state index in [0.29, 0.717) is 5.69 Å². The van der Waals surface area contributed by atoms with Gasteiger partial charge in [0, 0.05) is 17.1 Å². The Hall–Kier alpha value is -2.58. The molecule has 1 atom stereocenters. The van der Waals surface area contributed by atoms with Crippen LogP contribution in [0.4, 0.5) is 5.69 Å². The number of anilines is 1. The average molecular weight is 241 g/mol. The maximum atomic E-state index is 11.0. The van der Waals surface area contributed by atoms with Crippen molar-refractivity contribution >= 4 is 28.4 Å². The van der Waals surface area contributed by atoms with Crippen LogP contribution in [0.3, 0.4) is 0 Å². The van der Waals surface area contributed by atoms with Crippen molar-refractivity contribution in [3.63, 3.8) is 0 Å². The molecule has 2 aromatic carbocycles. The first-order valence-electron chi connectivity index (χ1n) is 5.40. The molecule has 0 saturated carbocycles. The van der Waals surface area contributed by atoms with Crippen LogP contribution in [0.1, 0.15) is 0 Å². The molecule has 0 aliphatic heterocycles. The van der Waals surface area contributed by atoms with Gasteiger partial charge in [-0.15, -0.1) is 0 Å². The van der Waals surface area contributed by atoms with Gasteiger partial charge in [0.2, 0.25) is 0 Å². The van der Waals surface area contributed by atoms with E-state index in [1.54, 1.807) is 6.07 Å². The van der Waals surface area contributed by atoms with E-state index >= 15 is 0 Å². The number of aliphatic carboxylic acids is 1. The Kier molecular flexibility index (Phi) is 3.41. The van der Waals surface area contributed by atoms with Gasteiger partial charge in [-0.1, -0.05) is 36.4 Å². The summed E-state index contributed by atoms with van der Waals surface area (Å²) in [6.07, 6.45) is 0.949. The van der Waals surface area contributed by atoms with Gasteiger partial charge in [0.15, 0.2) is 6.04 Å². The summed E-state index contributed by atoms with van der Waals surface area (Å²) >= 11 is 0. The predicted octanol–water partition coefficient (Wildman–Crippen LogP) is 2.09. The van der Waals surface area contributed by atoms with E-state index in [9.17, 15) is 9.59 Å². The van der Waals surface area contributed by atoms with E-state index in [2.05, 4.69) is 5.32 Å². The van der Waals surface area contributed by atoms with Crippen LogP contribution >= 0.6 is 0 Å². The fourth-order valence-corrected chi connectivity index (χ4v) is 1.76. The number of benzene rings is 2. The quantitative estimate of drug-likeness (QED) is 0.804. The minimum Gasteiger partial charge on any atom is -0.479 e. The molecule has 2 N–H and O–H groups in total. The van der Waals surface area contributed by atoms with Crippen LogP contribution in [-0.4, -0.2) is 23.1 Å². The lowest BCUT2D eigenvalue weighted by atomic mass is 10.1. The lowest BCUT2D eigenvalue weighted by Gasteiger charge is -2.13. The Morgan fingerprint density at radius 2 is 1.94 bits per heavy atom. The molecule has 0 aliphatic carbocycles. The molecular formula is C14H11NO3. The second-order valence-electron chi connectivity index (χ2n) is 3.77. The number of carbonyl (C=O) groups is 1. The molecule has 0 spiro atoms. The number of carbonyl (C=O) groups excluding carboxylic acids is 1. The fraction of sp³-hybridized carbons (Fsp3) is 0.0714. The van der Waals surface area contributed by atoms with Crippen LogP contribution in [-0.2, 0) is 9.59 Å². The van der Waals surface area contributed by atoms with Crippen molar-refractivity contribution < 1.29 is 14.7 Å². The summed E-state index contributed by atoms with van der Waals surface area (Å²) in [5.41, 5.74) is 0.673. The second-order valence-corrected chi connectivity index (χ2v) is 3.77. The Labute approximate surface area is 104 Å². The molecule has 4 heteroatoms. The molecule has 0 aliphatic rings. The molecule has 0 fully saturated rings. The highest BCUT2D eigenvalue weighted by molar-refractivity contribution is 5.95. The molecule has 0 heterocycles. The topological polar surface area (TPSA) is 66.4 Å². The van der Waals surface area contributed by atoms with Crippen molar-refractivity contribution in [2.75, 3.05) is 5.32 Å². The van der Waals surface area contributed by atoms with E-state index in [1.807, 2.05) is 36.4 Å². The molecular weight excluding hydrogens is 230 g/mol. The van der Waals surface area contributed by atoms with Crippen LogP contribution in [0.25, 0.3) is 10.8 Å².